The zero-order valence-corrected chi connectivity index (χ0v) is 18.1. The molecule has 1 aromatic carbocycles. The number of rotatable bonds is 3. The van der Waals surface area contributed by atoms with Crippen molar-refractivity contribution in [1.29, 1.82) is 0 Å². The highest BCUT2D eigenvalue weighted by Gasteiger charge is 2.52. The number of amides is 1. The van der Waals surface area contributed by atoms with Crippen LogP contribution in [-0.2, 0) is 0 Å². The van der Waals surface area contributed by atoms with Gasteiger partial charge in [-0.15, -0.1) is 0 Å². The average molecular weight is 425 g/mol. The number of pyridine rings is 2. The Bertz CT molecular complexity index is 1330. The highest BCUT2D eigenvalue weighted by Crippen LogP contribution is 2.55. The number of H-pyrrole nitrogens is 2. The van der Waals surface area contributed by atoms with Gasteiger partial charge in [0.2, 0.25) is 5.69 Å². The molecule has 3 aromatic heterocycles. The van der Waals surface area contributed by atoms with Gasteiger partial charge in [-0.1, -0.05) is 24.3 Å². The molecule has 0 saturated heterocycles. The summed E-state index contributed by atoms with van der Waals surface area (Å²) in [6.07, 6.45) is 13.6. The van der Waals surface area contributed by atoms with Crippen LogP contribution in [0.5, 0.6) is 0 Å². The highest BCUT2D eigenvalue weighted by atomic mass is 16.2. The summed E-state index contributed by atoms with van der Waals surface area (Å²) in [5.74, 6) is 3.37. The fraction of sp³-hybridized carbons (Fsp3) is 0.370. The summed E-state index contributed by atoms with van der Waals surface area (Å²) in [4.78, 5) is 20.5. The van der Waals surface area contributed by atoms with Crippen LogP contribution in [0.4, 0.5) is 0 Å². The Kier molecular flexibility index (Phi) is 3.81. The number of aromatic nitrogens is 3. The number of fused-ring (bicyclic) bond motifs is 2. The lowest BCUT2D eigenvalue weighted by atomic mass is 9.53. The molecule has 1 amide bonds. The van der Waals surface area contributed by atoms with Crippen molar-refractivity contribution < 1.29 is 14.2 Å². The molecule has 5 heteroatoms. The van der Waals surface area contributed by atoms with Crippen molar-refractivity contribution in [2.75, 3.05) is 0 Å². The molecule has 0 atom stereocenters. The number of nitrogens with zero attached hydrogens (tertiary/aromatic N) is 1. The van der Waals surface area contributed by atoms with Crippen molar-refractivity contribution in [3.8, 4) is 11.4 Å². The summed E-state index contributed by atoms with van der Waals surface area (Å²) in [6, 6.07) is 14.4. The van der Waals surface area contributed by atoms with E-state index in [1.165, 1.54) is 19.3 Å². The normalized spacial score (nSPS) is 28.4. The first-order chi connectivity index (χ1) is 15.7. The Morgan fingerprint density at radius 2 is 1.69 bits per heavy atom. The van der Waals surface area contributed by atoms with Crippen LogP contribution < -0.4 is 14.7 Å². The van der Waals surface area contributed by atoms with Crippen LogP contribution in [-0.4, -0.2) is 16.4 Å². The average Bonchev–Trinajstić information content (AvgIpc) is 3.17. The summed E-state index contributed by atoms with van der Waals surface area (Å²) < 4.78 is 2.10. The van der Waals surface area contributed by atoms with E-state index in [-0.39, 0.29) is 11.4 Å². The van der Waals surface area contributed by atoms with Gasteiger partial charge in [-0.3, -0.25) is 4.79 Å². The van der Waals surface area contributed by atoms with Crippen LogP contribution in [0.25, 0.3) is 27.7 Å². The number of aromatic amines is 2. The predicted octanol–water partition coefficient (Wildman–Crippen LogP) is 4.09. The Labute approximate surface area is 186 Å². The molecule has 0 aliphatic heterocycles. The Hall–Kier alpha value is -3.21. The predicted molar refractivity (Wildman–Crippen MR) is 122 cm³/mol. The summed E-state index contributed by atoms with van der Waals surface area (Å²) in [7, 11) is 0. The van der Waals surface area contributed by atoms with Crippen molar-refractivity contribution in [2.24, 2.45) is 17.8 Å². The van der Waals surface area contributed by atoms with E-state index in [1.807, 2.05) is 42.9 Å². The fourth-order valence-corrected chi connectivity index (χ4v) is 7.38. The molecular formula is C27H28N4O+2. The molecule has 4 aromatic rings. The van der Waals surface area contributed by atoms with Gasteiger partial charge < -0.3 is 5.32 Å². The monoisotopic (exact) mass is 424 g/mol. The van der Waals surface area contributed by atoms with Gasteiger partial charge in [-0.2, -0.15) is 4.40 Å². The van der Waals surface area contributed by atoms with E-state index in [1.54, 1.807) is 0 Å². The Morgan fingerprint density at radius 1 is 0.969 bits per heavy atom. The van der Waals surface area contributed by atoms with Crippen LogP contribution in [0.3, 0.4) is 0 Å². The summed E-state index contributed by atoms with van der Waals surface area (Å²) in [6.45, 7) is 0. The van der Waals surface area contributed by atoms with E-state index >= 15 is 0 Å². The third-order valence-corrected chi connectivity index (χ3v) is 8.22. The third-order valence-electron chi connectivity index (χ3n) is 8.22. The number of hydrogen-bond donors (Lipinski definition) is 2. The second-order valence-electron chi connectivity index (χ2n) is 10.4. The molecule has 4 saturated carbocycles. The molecule has 0 radical (unpaired) electrons. The quantitative estimate of drug-likeness (QED) is 0.478. The lowest BCUT2D eigenvalue weighted by molar-refractivity contribution is -0.498. The van der Waals surface area contributed by atoms with Gasteiger partial charge in [0.1, 0.15) is 5.56 Å². The number of imidazole rings is 1. The molecule has 8 rings (SSSR count). The van der Waals surface area contributed by atoms with E-state index < -0.39 is 0 Å². The molecule has 3 N–H and O–H groups in total. The van der Waals surface area contributed by atoms with Crippen molar-refractivity contribution in [3.05, 3.63) is 66.7 Å². The number of carbonyl (C=O) groups excluding carboxylic acids is 1. The van der Waals surface area contributed by atoms with Gasteiger partial charge in [0.15, 0.2) is 17.9 Å². The maximum atomic E-state index is 13.7. The minimum atomic E-state index is -0.00387. The summed E-state index contributed by atoms with van der Waals surface area (Å²) in [5, 5.41) is 5.84. The molecule has 5 nitrogen and oxygen atoms in total. The van der Waals surface area contributed by atoms with Gasteiger partial charge in [0.25, 0.3) is 11.7 Å². The molecule has 160 valence electrons. The number of benzene rings is 1. The van der Waals surface area contributed by atoms with Gasteiger partial charge >= 0.3 is 0 Å². The van der Waals surface area contributed by atoms with Crippen molar-refractivity contribution >= 4 is 22.2 Å². The van der Waals surface area contributed by atoms with Crippen LogP contribution >= 0.6 is 0 Å². The van der Waals surface area contributed by atoms with Gasteiger partial charge in [0, 0.05) is 16.3 Å². The lowest BCUT2D eigenvalue weighted by Crippen LogP contribution is -2.59. The Balaban J connectivity index is 1.32. The van der Waals surface area contributed by atoms with Crippen LogP contribution in [0.2, 0.25) is 0 Å². The topological polar surface area (TPSA) is 63.1 Å². The number of hydrogen-bond acceptors (Lipinski definition) is 1. The Morgan fingerprint density at radius 3 is 2.47 bits per heavy atom. The molecule has 32 heavy (non-hydrogen) atoms. The van der Waals surface area contributed by atoms with Crippen LogP contribution in [0.15, 0.2) is 61.1 Å². The van der Waals surface area contributed by atoms with Gasteiger partial charge in [0.05, 0.1) is 6.20 Å². The lowest BCUT2D eigenvalue weighted by Gasteiger charge is -2.56. The maximum absolute atomic E-state index is 13.7. The molecule has 4 aliphatic carbocycles. The van der Waals surface area contributed by atoms with E-state index in [9.17, 15) is 4.79 Å². The minimum absolute atomic E-state index is 0.00387. The first-order valence-corrected chi connectivity index (χ1v) is 11.9. The third kappa shape index (κ3) is 2.73. The van der Waals surface area contributed by atoms with E-state index in [0.717, 1.165) is 64.7 Å². The van der Waals surface area contributed by atoms with Crippen LogP contribution in [0, 0.1) is 17.8 Å². The van der Waals surface area contributed by atoms with Crippen molar-refractivity contribution in [3.63, 3.8) is 0 Å². The van der Waals surface area contributed by atoms with Gasteiger partial charge in [-0.05, 0) is 74.5 Å². The first-order valence-electron chi connectivity index (χ1n) is 11.9. The van der Waals surface area contributed by atoms with E-state index in [2.05, 4.69) is 37.9 Å². The molecule has 4 aliphatic rings. The number of nitrogens with one attached hydrogen (secondary N) is 3. The largest absolute Gasteiger partial charge is 0.343 e. The van der Waals surface area contributed by atoms with E-state index in [0.29, 0.717) is 5.69 Å². The van der Waals surface area contributed by atoms with Crippen molar-refractivity contribution in [2.45, 2.75) is 44.1 Å². The zero-order valence-electron chi connectivity index (χ0n) is 18.1. The molecule has 0 unspecified atom stereocenters. The maximum Gasteiger partial charge on any atom is 0.299 e. The highest BCUT2D eigenvalue weighted by molar-refractivity contribution is 6.00. The first kappa shape index (κ1) is 18.4. The van der Waals surface area contributed by atoms with E-state index in [4.69, 9.17) is 0 Å². The molecular weight excluding hydrogens is 396 g/mol. The molecule has 0 spiro atoms. The zero-order chi connectivity index (χ0) is 21.3. The SMILES string of the molecule is O=C(NC12CC3CC(CC(C3)C1)C2)c1[nH]c(-c2c[nH+]cc3ccccc23)[n+]2ccccc12. The number of carbonyl (C=O) groups is 1. The summed E-state index contributed by atoms with van der Waals surface area (Å²) >= 11 is 0. The standard InChI is InChI=1S/C27H26N4O/c32-26(30-27-12-17-9-18(13-27)11-19(10-17)14-27)24-23-7-3-4-8-31(23)25(29-24)22-16-28-15-20-5-1-2-6-21(20)22/h1-8,15-19H,9-14H2,(H,30,32)/p+2. The smallest absolute Gasteiger partial charge is 0.299 e. The molecule has 4 fully saturated rings. The van der Waals surface area contributed by atoms with Gasteiger partial charge in [-0.25, -0.2) is 9.97 Å². The second kappa shape index (κ2) is 6.64. The minimum Gasteiger partial charge on any atom is -0.343 e. The molecule has 3 heterocycles. The fourth-order valence-electron chi connectivity index (χ4n) is 7.38. The molecule has 4 bridgehead atoms. The second-order valence-corrected chi connectivity index (χ2v) is 10.4. The van der Waals surface area contributed by atoms with Crippen LogP contribution in [0.1, 0.15) is 49.0 Å². The van der Waals surface area contributed by atoms with Crippen molar-refractivity contribution in [1.82, 2.24) is 10.3 Å². The summed E-state index contributed by atoms with van der Waals surface area (Å²) in [5.41, 5.74) is 2.62.